The van der Waals surface area contributed by atoms with Crippen LogP contribution in [0, 0.1) is 6.92 Å². The highest BCUT2D eigenvalue weighted by atomic mass is 35.5. The lowest BCUT2D eigenvalue weighted by atomic mass is 10.1. The molecule has 0 saturated carbocycles. The normalized spacial score (nSPS) is 16.6. The molecule has 0 spiro atoms. The molecule has 1 unspecified atom stereocenters. The second-order valence-corrected chi connectivity index (χ2v) is 7.62. The molecule has 3 aromatic rings. The van der Waals surface area contributed by atoms with Gasteiger partial charge in [0.15, 0.2) is 0 Å². The summed E-state index contributed by atoms with van der Waals surface area (Å²) in [6.07, 6.45) is 0.331. The number of fused-ring (bicyclic) bond motifs is 1. The van der Waals surface area contributed by atoms with Gasteiger partial charge in [0.05, 0.1) is 17.6 Å². The van der Waals surface area contributed by atoms with E-state index in [1.54, 1.807) is 11.8 Å². The van der Waals surface area contributed by atoms with Crippen LogP contribution in [-0.2, 0) is 20.9 Å². The van der Waals surface area contributed by atoms with E-state index in [0.29, 0.717) is 24.6 Å². The van der Waals surface area contributed by atoms with Crippen molar-refractivity contribution in [2.24, 2.45) is 0 Å². The molecule has 2 heterocycles. The Morgan fingerprint density at radius 1 is 1.28 bits per heavy atom. The van der Waals surface area contributed by atoms with E-state index < -0.39 is 0 Å². The number of imidazole rings is 1. The first kappa shape index (κ1) is 19.5. The number of halogens is 1. The van der Waals surface area contributed by atoms with Gasteiger partial charge in [0.25, 0.3) is 0 Å². The van der Waals surface area contributed by atoms with Crippen LogP contribution in [0.15, 0.2) is 42.5 Å². The maximum atomic E-state index is 12.8. The number of hydrogen-bond donors (Lipinski definition) is 0. The summed E-state index contributed by atoms with van der Waals surface area (Å²) in [5, 5.41) is 0.594. The third-order valence-corrected chi connectivity index (χ3v) is 5.46. The highest BCUT2D eigenvalue weighted by Gasteiger charge is 2.35. The van der Waals surface area contributed by atoms with Crippen molar-refractivity contribution in [1.29, 1.82) is 0 Å². The van der Waals surface area contributed by atoms with Crippen LogP contribution in [-0.4, -0.2) is 34.6 Å². The molecule has 0 radical (unpaired) electrons. The number of aryl methyl sites for hydroxylation is 1. The zero-order chi connectivity index (χ0) is 20.5. The molecule has 150 valence electrons. The molecule has 0 aliphatic carbocycles. The van der Waals surface area contributed by atoms with Gasteiger partial charge in [0, 0.05) is 29.6 Å². The quantitative estimate of drug-likeness (QED) is 0.593. The summed E-state index contributed by atoms with van der Waals surface area (Å²) in [6.45, 7) is 4.63. The van der Waals surface area contributed by atoms with Crippen molar-refractivity contribution in [3.8, 4) is 0 Å². The van der Waals surface area contributed by atoms with Gasteiger partial charge < -0.3 is 14.2 Å². The molecule has 1 amide bonds. The van der Waals surface area contributed by atoms with Crippen molar-refractivity contribution in [3.05, 3.63) is 58.9 Å². The van der Waals surface area contributed by atoms with Crippen LogP contribution < -0.4 is 4.90 Å². The predicted octanol–water partition coefficient (Wildman–Crippen LogP) is 4.08. The van der Waals surface area contributed by atoms with Gasteiger partial charge in [0.2, 0.25) is 5.91 Å². The van der Waals surface area contributed by atoms with E-state index in [0.717, 1.165) is 28.1 Å². The van der Waals surface area contributed by atoms with Crippen molar-refractivity contribution in [2.75, 3.05) is 18.1 Å². The summed E-state index contributed by atoms with van der Waals surface area (Å²) in [5.74, 6) is 0.316. The third kappa shape index (κ3) is 3.72. The average molecular weight is 412 g/mol. The van der Waals surface area contributed by atoms with Crippen LogP contribution in [0.3, 0.4) is 0 Å². The molecule has 1 aliphatic heterocycles. The Labute approximate surface area is 174 Å². The van der Waals surface area contributed by atoms with E-state index in [-0.39, 0.29) is 24.3 Å². The van der Waals surface area contributed by atoms with E-state index in [1.807, 2.05) is 54.0 Å². The summed E-state index contributed by atoms with van der Waals surface area (Å²) in [6, 6.07) is 13.2. The molecule has 0 N–H and O–H groups in total. The Morgan fingerprint density at radius 3 is 2.86 bits per heavy atom. The minimum Gasteiger partial charge on any atom is -0.465 e. The minimum absolute atomic E-state index is 0.0232. The lowest BCUT2D eigenvalue weighted by Gasteiger charge is -2.19. The van der Waals surface area contributed by atoms with Gasteiger partial charge in [-0.05, 0) is 43.7 Å². The first-order chi connectivity index (χ1) is 14.0. The molecule has 0 bridgehead atoms. The SMILES string of the molecule is CCOC(=O)Cn1c(C2CC(=O)N(c3cc(Cl)ccc3C)C2)nc2ccccc21. The number of esters is 1. The second-order valence-electron chi connectivity index (χ2n) is 7.19. The lowest BCUT2D eigenvalue weighted by molar-refractivity contribution is -0.143. The maximum Gasteiger partial charge on any atom is 0.326 e. The number of para-hydroxylation sites is 2. The largest absolute Gasteiger partial charge is 0.465 e. The number of rotatable bonds is 5. The Hall–Kier alpha value is -2.86. The van der Waals surface area contributed by atoms with E-state index in [2.05, 4.69) is 0 Å². The number of amides is 1. The van der Waals surface area contributed by atoms with Gasteiger partial charge >= 0.3 is 5.97 Å². The number of hydrogen-bond acceptors (Lipinski definition) is 4. The number of ether oxygens (including phenoxy) is 1. The van der Waals surface area contributed by atoms with Crippen molar-refractivity contribution in [1.82, 2.24) is 9.55 Å². The number of carbonyl (C=O) groups is 2. The molecule has 4 rings (SSSR count). The second kappa shape index (κ2) is 7.87. The van der Waals surface area contributed by atoms with E-state index in [1.165, 1.54) is 0 Å². The fourth-order valence-electron chi connectivity index (χ4n) is 3.89. The van der Waals surface area contributed by atoms with Gasteiger partial charge in [-0.2, -0.15) is 0 Å². The van der Waals surface area contributed by atoms with Gasteiger partial charge in [-0.25, -0.2) is 4.98 Å². The Bertz CT molecular complexity index is 1090. The van der Waals surface area contributed by atoms with Crippen LogP contribution in [0.25, 0.3) is 11.0 Å². The van der Waals surface area contributed by atoms with E-state index in [4.69, 9.17) is 21.3 Å². The van der Waals surface area contributed by atoms with E-state index in [9.17, 15) is 9.59 Å². The van der Waals surface area contributed by atoms with Crippen LogP contribution in [0.5, 0.6) is 0 Å². The van der Waals surface area contributed by atoms with Crippen molar-refractivity contribution < 1.29 is 14.3 Å². The fourth-order valence-corrected chi connectivity index (χ4v) is 4.06. The van der Waals surface area contributed by atoms with Crippen LogP contribution in [0.4, 0.5) is 5.69 Å². The summed E-state index contributed by atoms with van der Waals surface area (Å²) in [4.78, 5) is 31.5. The molecule has 6 nitrogen and oxygen atoms in total. The van der Waals surface area contributed by atoms with Gasteiger partial charge in [-0.15, -0.1) is 0 Å². The topological polar surface area (TPSA) is 64.4 Å². The van der Waals surface area contributed by atoms with E-state index >= 15 is 0 Å². The zero-order valence-corrected chi connectivity index (χ0v) is 17.1. The molecule has 7 heteroatoms. The average Bonchev–Trinajstić information content (AvgIpc) is 3.25. The molecule has 2 aromatic carbocycles. The molecule has 1 atom stereocenters. The molecule has 1 aliphatic rings. The van der Waals surface area contributed by atoms with Crippen LogP contribution in [0.2, 0.25) is 5.02 Å². The molecule has 29 heavy (non-hydrogen) atoms. The number of aromatic nitrogens is 2. The van der Waals surface area contributed by atoms with Crippen LogP contribution in [0.1, 0.15) is 30.7 Å². The Kier molecular flexibility index (Phi) is 5.28. The number of benzene rings is 2. The van der Waals surface area contributed by atoms with Gasteiger partial charge in [-0.3, -0.25) is 9.59 Å². The molecular formula is C22H22ClN3O3. The third-order valence-electron chi connectivity index (χ3n) is 5.23. The smallest absolute Gasteiger partial charge is 0.326 e. The fraction of sp³-hybridized carbons (Fsp3) is 0.318. The zero-order valence-electron chi connectivity index (χ0n) is 16.4. The summed E-state index contributed by atoms with van der Waals surface area (Å²) >= 11 is 6.16. The lowest BCUT2D eigenvalue weighted by Crippen LogP contribution is -2.25. The Balaban J connectivity index is 1.70. The summed E-state index contributed by atoms with van der Waals surface area (Å²) in [5.41, 5.74) is 3.47. The number of carbonyl (C=O) groups excluding carboxylic acids is 2. The first-order valence-electron chi connectivity index (χ1n) is 9.65. The van der Waals surface area contributed by atoms with Gasteiger partial charge in [0.1, 0.15) is 12.4 Å². The maximum absolute atomic E-state index is 12.8. The highest BCUT2D eigenvalue weighted by molar-refractivity contribution is 6.31. The molecule has 1 aromatic heterocycles. The molecule has 1 saturated heterocycles. The summed E-state index contributed by atoms with van der Waals surface area (Å²) in [7, 11) is 0. The van der Waals surface area contributed by atoms with Crippen molar-refractivity contribution >= 4 is 40.2 Å². The Morgan fingerprint density at radius 2 is 2.07 bits per heavy atom. The highest BCUT2D eigenvalue weighted by Crippen LogP contribution is 2.35. The number of anilines is 1. The van der Waals surface area contributed by atoms with Crippen LogP contribution >= 0.6 is 11.6 Å². The molecule has 1 fully saturated rings. The summed E-state index contributed by atoms with van der Waals surface area (Å²) < 4.78 is 7.02. The standard InChI is InChI=1S/C22H22ClN3O3/c1-3-29-21(28)13-26-18-7-5-4-6-17(18)24-22(26)15-10-20(27)25(12-15)19-11-16(23)9-8-14(19)2/h4-9,11,15H,3,10,12-13H2,1-2H3. The first-order valence-corrected chi connectivity index (χ1v) is 10.0. The number of nitrogens with zero attached hydrogens (tertiary/aromatic N) is 3. The monoisotopic (exact) mass is 411 g/mol. The predicted molar refractivity (Wildman–Crippen MR) is 112 cm³/mol. The van der Waals surface area contributed by atoms with Gasteiger partial charge in [-0.1, -0.05) is 29.8 Å². The van der Waals surface area contributed by atoms with Crippen molar-refractivity contribution in [3.63, 3.8) is 0 Å². The van der Waals surface area contributed by atoms with Crippen molar-refractivity contribution in [2.45, 2.75) is 32.7 Å². The molecular weight excluding hydrogens is 390 g/mol. The minimum atomic E-state index is -0.316.